The molecule has 0 aliphatic rings. The van der Waals surface area contributed by atoms with Gasteiger partial charge >= 0.3 is 0 Å². The highest BCUT2D eigenvalue weighted by atomic mass is 35.5. The van der Waals surface area contributed by atoms with E-state index in [0.29, 0.717) is 16.1 Å². The Hall–Kier alpha value is -0.560. The second-order valence-electron chi connectivity index (χ2n) is 3.62. The summed E-state index contributed by atoms with van der Waals surface area (Å²) in [5.74, 6) is 0.699. The van der Waals surface area contributed by atoms with E-state index in [0.717, 1.165) is 15.0 Å². The van der Waals surface area contributed by atoms with Crippen LogP contribution in [0.4, 0.5) is 5.13 Å². The van der Waals surface area contributed by atoms with Crippen molar-refractivity contribution in [3.05, 3.63) is 28.0 Å². The van der Waals surface area contributed by atoms with Gasteiger partial charge in [-0.3, -0.25) is 0 Å². The molecule has 0 saturated carbocycles. The van der Waals surface area contributed by atoms with Crippen molar-refractivity contribution in [3.8, 4) is 0 Å². The Morgan fingerprint density at radius 2 is 2.06 bits per heavy atom. The summed E-state index contributed by atoms with van der Waals surface area (Å²) in [5.41, 5.74) is 0.938. The monoisotopic (exact) mass is 320 g/mol. The van der Waals surface area contributed by atoms with E-state index in [2.05, 4.69) is 15.2 Å². The van der Waals surface area contributed by atoms with Crippen molar-refractivity contribution in [3.63, 3.8) is 0 Å². The van der Waals surface area contributed by atoms with Gasteiger partial charge in [0.2, 0.25) is 5.13 Å². The number of aromatic nitrogens is 3. The van der Waals surface area contributed by atoms with Gasteiger partial charge in [-0.1, -0.05) is 52.4 Å². The highest BCUT2D eigenvalue weighted by Gasteiger charge is 2.08. The molecule has 2 aromatic rings. The van der Waals surface area contributed by atoms with Crippen molar-refractivity contribution in [1.82, 2.24) is 15.2 Å². The lowest BCUT2D eigenvalue weighted by Gasteiger charge is -2.04. The van der Waals surface area contributed by atoms with E-state index >= 15 is 0 Å². The van der Waals surface area contributed by atoms with Crippen LogP contribution >= 0.6 is 46.3 Å². The molecule has 18 heavy (non-hydrogen) atoms. The fourth-order valence-corrected chi connectivity index (χ4v) is 3.37. The van der Waals surface area contributed by atoms with Crippen molar-refractivity contribution >= 4 is 51.4 Å². The Bertz CT molecular complexity index is 544. The average molecular weight is 321 g/mol. The van der Waals surface area contributed by atoms with Crippen LogP contribution in [0.3, 0.4) is 0 Å². The molecule has 0 saturated heterocycles. The minimum Gasteiger partial charge on any atom is -0.353 e. The lowest BCUT2D eigenvalue weighted by molar-refractivity contribution is 0.972. The minimum atomic E-state index is 0.402. The summed E-state index contributed by atoms with van der Waals surface area (Å²) < 4.78 is 0.907. The first kappa shape index (κ1) is 13.9. The summed E-state index contributed by atoms with van der Waals surface area (Å²) in [6, 6.07) is 3.60. The van der Waals surface area contributed by atoms with Gasteiger partial charge in [-0.05, 0) is 11.6 Å². The van der Waals surface area contributed by atoms with Gasteiger partial charge < -0.3 is 4.90 Å². The third-order valence-electron chi connectivity index (χ3n) is 2.02. The number of anilines is 1. The van der Waals surface area contributed by atoms with Gasteiger partial charge in [0.1, 0.15) is 10.3 Å². The van der Waals surface area contributed by atoms with Crippen molar-refractivity contribution in [2.75, 3.05) is 19.0 Å². The molecule has 8 heteroatoms. The molecule has 0 aromatic carbocycles. The molecule has 2 heterocycles. The fourth-order valence-electron chi connectivity index (χ4n) is 1.13. The number of hydrogen-bond acceptors (Lipinski definition) is 6. The zero-order valence-electron chi connectivity index (χ0n) is 9.72. The molecule has 0 fully saturated rings. The molecule has 4 nitrogen and oxygen atoms in total. The van der Waals surface area contributed by atoms with Gasteiger partial charge in [0.05, 0.1) is 0 Å². The lowest BCUT2D eigenvalue weighted by atomic mass is 10.3. The predicted octanol–water partition coefficient (Wildman–Crippen LogP) is 3.60. The highest BCUT2D eigenvalue weighted by Crippen LogP contribution is 2.31. The first-order chi connectivity index (χ1) is 8.56. The second kappa shape index (κ2) is 6.06. The van der Waals surface area contributed by atoms with E-state index in [-0.39, 0.29) is 0 Å². The third kappa shape index (κ3) is 3.47. The van der Waals surface area contributed by atoms with E-state index in [1.165, 1.54) is 0 Å². The number of rotatable bonds is 4. The number of pyridine rings is 1. The summed E-state index contributed by atoms with van der Waals surface area (Å²) >= 11 is 14.9. The van der Waals surface area contributed by atoms with Gasteiger partial charge in [0.25, 0.3) is 0 Å². The Morgan fingerprint density at radius 1 is 1.28 bits per heavy atom. The third-order valence-corrected chi connectivity index (χ3v) is 4.83. The SMILES string of the molecule is CN(C)c1nnc(SCc2ccc(Cl)nc2Cl)s1. The topological polar surface area (TPSA) is 41.9 Å². The van der Waals surface area contributed by atoms with Gasteiger partial charge in [-0.2, -0.15) is 0 Å². The van der Waals surface area contributed by atoms with Crippen molar-refractivity contribution in [1.29, 1.82) is 0 Å². The summed E-state index contributed by atoms with van der Waals surface area (Å²) in [6.07, 6.45) is 0. The predicted molar refractivity (Wildman–Crippen MR) is 78.1 cm³/mol. The molecule has 0 amide bonds. The maximum absolute atomic E-state index is 6.00. The molecular formula is C10H10Cl2N4S2. The van der Waals surface area contributed by atoms with Crippen LogP contribution in [0.5, 0.6) is 0 Å². The average Bonchev–Trinajstić information content (AvgIpc) is 2.76. The van der Waals surface area contributed by atoms with Crippen molar-refractivity contribution in [2.24, 2.45) is 0 Å². The summed E-state index contributed by atoms with van der Waals surface area (Å²) in [6.45, 7) is 0. The van der Waals surface area contributed by atoms with Crippen LogP contribution in [-0.2, 0) is 5.75 Å². The van der Waals surface area contributed by atoms with Crippen LogP contribution < -0.4 is 4.90 Å². The van der Waals surface area contributed by atoms with E-state index < -0.39 is 0 Å². The summed E-state index contributed by atoms with van der Waals surface area (Å²) in [5, 5.41) is 9.90. The molecule has 0 N–H and O–H groups in total. The Balaban J connectivity index is 2.02. The van der Waals surface area contributed by atoms with Gasteiger partial charge in [-0.15, -0.1) is 10.2 Å². The number of thioether (sulfide) groups is 1. The molecule has 0 bridgehead atoms. The molecule has 0 aliphatic heterocycles. The van der Waals surface area contributed by atoms with E-state index in [4.69, 9.17) is 23.2 Å². The summed E-state index contributed by atoms with van der Waals surface area (Å²) in [7, 11) is 3.88. The summed E-state index contributed by atoms with van der Waals surface area (Å²) in [4.78, 5) is 5.93. The smallest absolute Gasteiger partial charge is 0.208 e. The second-order valence-corrected chi connectivity index (χ2v) is 6.54. The Labute approximate surface area is 123 Å². The van der Waals surface area contributed by atoms with Crippen LogP contribution in [0.25, 0.3) is 0 Å². The van der Waals surface area contributed by atoms with Crippen LogP contribution in [0.15, 0.2) is 16.5 Å². The highest BCUT2D eigenvalue weighted by molar-refractivity contribution is 8.00. The standard InChI is InChI=1S/C10H10Cl2N4S2/c1-16(2)9-14-15-10(18-9)17-5-6-3-4-7(11)13-8(6)12/h3-4H,5H2,1-2H3. The largest absolute Gasteiger partial charge is 0.353 e. The normalized spacial score (nSPS) is 10.7. The van der Waals surface area contributed by atoms with E-state index in [9.17, 15) is 0 Å². The van der Waals surface area contributed by atoms with E-state index in [1.54, 1.807) is 29.2 Å². The molecule has 0 unspecified atom stereocenters. The molecule has 0 radical (unpaired) electrons. The molecule has 0 aliphatic carbocycles. The first-order valence-electron chi connectivity index (χ1n) is 5.01. The van der Waals surface area contributed by atoms with E-state index in [1.807, 2.05) is 25.1 Å². The molecule has 0 atom stereocenters. The maximum atomic E-state index is 6.00. The molecule has 2 rings (SSSR count). The lowest BCUT2D eigenvalue weighted by Crippen LogP contribution is -2.07. The van der Waals surface area contributed by atoms with Gasteiger partial charge in [0.15, 0.2) is 4.34 Å². The molecule has 96 valence electrons. The van der Waals surface area contributed by atoms with Gasteiger partial charge in [0, 0.05) is 19.8 Å². The number of nitrogens with zero attached hydrogens (tertiary/aromatic N) is 4. The quantitative estimate of drug-likeness (QED) is 0.636. The molecule has 2 aromatic heterocycles. The van der Waals surface area contributed by atoms with Crippen LogP contribution in [0, 0.1) is 0 Å². The minimum absolute atomic E-state index is 0.402. The Morgan fingerprint density at radius 3 is 2.67 bits per heavy atom. The fraction of sp³-hybridized carbons (Fsp3) is 0.300. The van der Waals surface area contributed by atoms with Crippen LogP contribution in [0.1, 0.15) is 5.56 Å². The first-order valence-corrected chi connectivity index (χ1v) is 7.56. The van der Waals surface area contributed by atoms with Gasteiger partial charge in [-0.25, -0.2) is 4.98 Å². The molecule has 0 spiro atoms. The Kier molecular flexibility index (Phi) is 4.66. The zero-order valence-corrected chi connectivity index (χ0v) is 12.9. The zero-order chi connectivity index (χ0) is 13.1. The van der Waals surface area contributed by atoms with Crippen molar-refractivity contribution < 1.29 is 0 Å². The number of halogens is 2. The van der Waals surface area contributed by atoms with Crippen LogP contribution in [0.2, 0.25) is 10.3 Å². The van der Waals surface area contributed by atoms with Crippen molar-refractivity contribution in [2.45, 2.75) is 10.1 Å². The maximum Gasteiger partial charge on any atom is 0.208 e. The molecular weight excluding hydrogens is 311 g/mol. The van der Waals surface area contributed by atoms with Crippen LogP contribution in [-0.4, -0.2) is 29.3 Å². The number of hydrogen-bond donors (Lipinski definition) is 0.